The highest BCUT2D eigenvalue weighted by atomic mass is 19.4. The Bertz CT molecular complexity index is 608. The number of alkyl halides is 3. The summed E-state index contributed by atoms with van der Waals surface area (Å²) in [6.07, 6.45) is -2.75. The maximum Gasteiger partial charge on any atom is 0.416 e. The number of H-pyrrole nitrogens is 1. The molecule has 4 nitrogen and oxygen atoms in total. The minimum Gasteiger partial charge on any atom is -0.497 e. The molecule has 1 heterocycles. The molecule has 0 bridgehead atoms. The molecule has 0 unspecified atom stereocenters. The number of hydrogen-bond donors (Lipinski definition) is 2. The Hall–Kier alpha value is -2.02. The molecule has 0 saturated carbocycles. The van der Waals surface area contributed by atoms with Crippen molar-refractivity contribution in [2.75, 3.05) is 7.11 Å². The van der Waals surface area contributed by atoms with Crippen molar-refractivity contribution < 1.29 is 17.9 Å². The lowest BCUT2D eigenvalue weighted by atomic mass is 10.1. The molecule has 0 amide bonds. The van der Waals surface area contributed by atoms with Crippen molar-refractivity contribution in [2.24, 2.45) is 0 Å². The third-order valence-electron chi connectivity index (χ3n) is 3.19. The first-order chi connectivity index (χ1) is 9.91. The summed E-state index contributed by atoms with van der Waals surface area (Å²) in [7, 11) is 1.34. The Morgan fingerprint density at radius 2 is 1.95 bits per heavy atom. The van der Waals surface area contributed by atoms with Crippen LogP contribution in [0.1, 0.15) is 22.4 Å². The fourth-order valence-corrected chi connectivity index (χ4v) is 1.99. The van der Waals surface area contributed by atoms with E-state index in [4.69, 9.17) is 4.74 Å². The third kappa shape index (κ3) is 3.75. The molecule has 0 fully saturated rings. The summed E-state index contributed by atoms with van der Waals surface area (Å²) in [5.74, 6) is 0.191. The van der Waals surface area contributed by atoms with Gasteiger partial charge in [0, 0.05) is 24.3 Å². The summed E-state index contributed by atoms with van der Waals surface area (Å²) in [6.45, 7) is 2.42. The van der Waals surface area contributed by atoms with Gasteiger partial charge in [0.2, 0.25) is 0 Å². The smallest absolute Gasteiger partial charge is 0.416 e. The Balaban J connectivity index is 2.10. The first kappa shape index (κ1) is 15.4. The molecule has 0 saturated heterocycles. The average Bonchev–Trinajstić information content (AvgIpc) is 2.83. The van der Waals surface area contributed by atoms with E-state index < -0.39 is 11.7 Å². The van der Waals surface area contributed by atoms with Crippen LogP contribution in [0.3, 0.4) is 0 Å². The summed E-state index contributed by atoms with van der Waals surface area (Å²) in [4.78, 5) is 0. The van der Waals surface area contributed by atoms with E-state index >= 15 is 0 Å². The number of aryl methyl sites for hydroxylation is 1. The van der Waals surface area contributed by atoms with E-state index in [1.807, 2.05) is 6.92 Å². The van der Waals surface area contributed by atoms with E-state index in [0.29, 0.717) is 6.54 Å². The van der Waals surface area contributed by atoms with Gasteiger partial charge in [-0.2, -0.15) is 18.3 Å². The first-order valence-electron chi connectivity index (χ1n) is 6.35. The van der Waals surface area contributed by atoms with Gasteiger partial charge in [-0.15, -0.1) is 0 Å². The van der Waals surface area contributed by atoms with Gasteiger partial charge in [-0.1, -0.05) is 6.07 Å². The van der Waals surface area contributed by atoms with Gasteiger partial charge >= 0.3 is 6.18 Å². The highest BCUT2D eigenvalue weighted by Gasteiger charge is 2.33. The standard InChI is InChI=1S/C14H16F3N3O/c1-9-11(8-19-20-9)7-18-6-10-3-4-12(21-2)5-13(10)14(15,16)17/h3-5,8,18H,6-7H2,1-2H3,(H,19,20). The number of benzene rings is 1. The van der Waals surface area contributed by atoms with E-state index in [2.05, 4.69) is 15.5 Å². The van der Waals surface area contributed by atoms with Crippen LogP contribution in [0.15, 0.2) is 24.4 Å². The zero-order valence-corrected chi connectivity index (χ0v) is 11.7. The average molecular weight is 299 g/mol. The molecule has 0 spiro atoms. The topological polar surface area (TPSA) is 49.9 Å². The van der Waals surface area contributed by atoms with E-state index in [0.717, 1.165) is 17.3 Å². The number of aromatic amines is 1. The van der Waals surface area contributed by atoms with Crippen LogP contribution in [0.5, 0.6) is 5.75 Å². The predicted molar refractivity (Wildman–Crippen MR) is 71.9 cm³/mol. The zero-order valence-electron chi connectivity index (χ0n) is 11.7. The number of hydrogen-bond acceptors (Lipinski definition) is 3. The fourth-order valence-electron chi connectivity index (χ4n) is 1.99. The second-order valence-electron chi connectivity index (χ2n) is 4.64. The molecule has 2 N–H and O–H groups in total. The molecule has 114 valence electrons. The highest BCUT2D eigenvalue weighted by Crippen LogP contribution is 2.34. The minimum atomic E-state index is -4.41. The van der Waals surface area contributed by atoms with Crippen LogP contribution in [0.2, 0.25) is 0 Å². The molecule has 2 rings (SSSR count). The van der Waals surface area contributed by atoms with Crippen LogP contribution in [0.4, 0.5) is 13.2 Å². The monoisotopic (exact) mass is 299 g/mol. The van der Waals surface area contributed by atoms with E-state index in [1.165, 1.54) is 19.2 Å². The summed E-state index contributed by atoms with van der Waals surface area (Å²) < 4.78 is 43.9. The lowest BCUT2D eigenvalue weighted by Gasteiger charge is -2.14. The number of ether oxygens (including phenoxy) is 1. The van der Waals surface area contributed by atoms with Gasteiger partial charge < -0.3 is 10.1 Å². The molecule has 7 heteroatoms. The fraction of sp³-hybridized carbons (Fsp3) is 0.357. The van der Waals surface area contributed by atoms with Crippen LogP contribution in [-0.4, -0.2) is 17.3 Å². The molecule has 0 atom stereocenters. The molecular weight excluding hydrogens is 283 g/mol. The third-order valence-corrected chi connectivity index (χ3v) is 3.19. The van der Waals surface area contributed by atoms with Gasteiger partial charge in [0.15, 0.2) is 0 Å². The zero-order chi connectivity index (χ0) is 15.5. The lowest BCUT2D eigenvalue weighted by Crippen LogP contribution is -2.17. The van der Waals surface area contributed by atoms with Crippen molar-refractivity contribution in [3.8, 4) is 5.75 Å². The van der Waals surface area contributed by atoms with Gasteiger partial charge in [0.25, 0.3) is 0 Å². The van der Waals surface area contributed by atoms with Crippen molar-refractivity contribution in [1.29, 1.82) is 0 Å². The van der Waals surface area contributed by atoms with Crippen molar-refractivity contribution in [1.82, 2.24) is 15.5 Å². The molecule has 0 radical (unpaired) electrons. The summed E-state index contributed by atoms with van der Waals surface area (Å²) in [5.41, 5.74) is 1.33. The van der Waals surface area contributed by atoms with Gasteiger partial charge in [-0.3, -0.25) is 5.10 Å². The van der Waals surface area contributed by atoms with Gasteiger partial charge in [-0.25, -0.2) is 0 Å². The van der Waals surface area contributed by atoms with E-state index in [-0.39, 0.29) is 17.9 Å². The number of rotatable bonds is 5. The molecule has 21 heavy (non-hydrogen) atoms. The van der Waals surface area contributed by atoms with Crippen molar-refractivity contribution in [3.05, 3.63) is 46.8 Å². The lowest BCUT2D eigenvalue weighted by molar-refractivity contribution is -0.138. The number of nitrogens with one attached hydrogen (secondary N) is 2. The number of nitrogens with zero attached hydrogens (tertiary/aromatic N) is 1. The number of methoxy groups -OCH3 is 1. The molecule has 2 aromatic rings. The van der Waals surface area contributed by atoms with E-state index in [9.17, 15) is 13.2 Å². The second kappa shape index (κ2) is 6.17. The van der Waals surface area contributed by atoms with Crippen LogP contribution < -0.4 is 10.1 Å². The molecule has 0 aliphatic rings. The maximum atomic E-state index is 13.0. The Labute approximate surface area is 120 Å². The predicted octanol–water partition coefficient (Wildman–Crippen LogP) is 3.04. The van der Waals surface area contributed by atoms with Crippen LogP contribution >= 0.6 is 0 Å². The Kier molecular flexibility index (Phi) is 4.52. The normalized spacial score (nSPS) is 11.7. The first-order valence-corrected chi connectivity index (χ1v) is 6.35. The van der Waals surface area contributed by atoms with Crippen molar-refractivity contribution in [2.45, 2.75) is 26.2 Å². The Morgan fingerprint density at radius 3 is 2.52 bits per heavy atom. The van der Waals surface area contributed by atoms with Crippen LogP contribution in [0, 0.1) is 6.92 Å². The maximum absolute atomic E-state index is 13.0. The SMILES string of the molecule is COc1ccc(CNCc2cn[nH]c2C)c(C(F)(F)F)c1. The van der Waals surface area contributed by atoms with Gasteiger partial charge in [0.1, 0.15) is 5.75 Å². The molecule has 1 aromatic heterocycles. The quantitative estimate of drug-likeness (QED) is 0.892. The van der Waals surface area contributed by atoms with Gasteiger partial charge in [0.05, 0.1) is 18.9 Å². The minimum absolute atomic E-state index is 0.115. The summed E-state index contributed by atoms with van der Waals surface area (Å²) >= 11 is 0. The molecule has 1 aromatic carbocycles. The van der Waals surface area contributed by atoms with Crippen LogP contribution in [0.25, 0.3) is 0 Å². The summed E-state index contributed by atoms with van der Waals surface area (Å²) in [6, 6.07) is 3.96. The largest absolute Gasteiger partial charge is 0.497 e. The van der Waals surface area contributed by atoms with Gasteiger partial charge in [-0.05, 0) is 24.6 Å². The van der Waals surface area contributed by atoms with Crippen LogP contribution in [-0.2, 0) is 19.3 Å². The van der Waals surface area contributed by atoms with Crippen molar-refractivity contribution in [3.63, 3.8) is 0 Å². The molecule has 0 aliphatic carbocycles. The summed E-state index contributed by atoms with van der Waals surface area (Å²) in [5, 5.41) is 9.64. The highest BCUT2D eigenvalue weighted by molar-refractivity contribution is 5.37. The van der Waals surface area contributed by atoms with Crippen molar-refractivity contribution >= 4 is 0 Å². The number of aromatic nitrogens is 2. The second-order valence-corrected chi connectivity index (χ2v) is 4.64. The molecule has 0 aliphatic heterocycles. The number of halogens is 3. The van der Waals surface area contributed by atoms with E-state index in [1.54, 1.807) is 6.20 Å². The Morgan fingerprint density at radius 1 is 1.24 bits per heavy atom. The molecular formula is C14H16F3N3O.